The van der Waals surface area contributed by atoms with Gasteiger partial charge in [-0.25, -0.2) is 0 Å². The van der Waals surface area contributed by atoms with Crippen molar-refractivity contribution in [1.29, 1.82) is 0 Å². The lowest BCUT2D eigenvalue weighted by molar-refractivity contribution is -0.104. The monoisotopic (exact) mass is 304 g/mol. The van der Waals surface area contributed by atoms with Gasteiger partial charge in [0, 0.05) is 0 Å². The van der Waals surface area contributed by atoms with Crippen LogP contribution in [-0.4, -0.2) is 12.6 Å². The Balaban J connectivity index is 0. The van der Waals surface area contributed by atoms with E-state index in [1.54, 1.807) is 12.2 Å². The van der Waals surface area contributed by atoms with Crippen molar-refractivity contribution in [1.82, 2.24) is 0 Å². The van der Waals surface area contributed by atoms with Crippen LogP contribution in [0.4, 0.5) is 0 Å². The zero-order valence-corrected chi connectivity index (χ0v) is 15.1. The molecule has 0 aliphatic carbocycles. The quantitative estimate of drug-likeness (QED) is 0.325. The predicted octanol–water partition coefficient (Wildman–Crippen LogP) is 5.76. The third-order valence-electron chi connectivity index (χ3n) is 2.89. The molecule has 22 heavy (non-hydrogen) atoms. The highest BCUT2D eigenvalue weighted by Gasteiger charge is 1.87. The van der Waals surface area contributed by atoms with Crippen LogP contribution in [0, 0.1) is 0 Å². The van der Waals surface area contributed by atoms with Gasteiger partial charge in [0.2, 0.25) is 0 Å². The van der Waals surface area contributed by atoms with E-state index < -0.39 is 0 Å². The molecule has 0 radical (unpaired) electrons. The van der Waals surface area contributed by atoms with Gasteiger partial charge in [0.15, 0.2) is 0 Å². The van der Waals surface area contributed by atoms with Crippen molar-refractivity contribution in [3.8, 4) is 0 Å². The van der Waals surface area contributed by atoms with Crippen LogP contribution in [0.2, 0.25) is 0 Å². The van der Waals surface area contributed by atoms with Gasteiger partial charge in [0.1, 0.15) is 12.6 Å². The molecule has 124 valence electrons. The molecule has 2 heteroatoms. The minimum absolute atomic E-state index is 0.845. The SMILES string of the molecule is CC(C)=CCC/C(C)=C\C=O.CC(C)=CCC/C(C)=C\C=O. The van der Waals surface area contributed by atoms with Gasteiger partial charge in [-0.1, -0.05) is 34.4 Å². The van der Waals surface area contributed by atoms with Crippen molar-refractivity contribution in [2.24, 2.45) is 0 Å². The van der Waals surface area contributed by atoms with E-state index in [1.165, 1.54) is 11.1 Å². The zero-order valence-electron chi connectivity index (χ0n) is 15.1. The lowest BCUT2D eigenvalue weighted by atomic mass is 10.1. The second-order valence-corrected chi connectivity index (χ2v) is 5.94. The average molecular weight is 304 g/mol. The number of carbonyl (C=O) groups excluding carboxylic acids is 2. The smallest absolute Gasteiger partial charge is 0.142 e. The normalized spacial score (nSPS) is 11.0. The number of carbonyl (C=O) groups is 2. The van der Waals surface area contributed by atoms with Gasteiger partial charge in [0.25, 0.3) is 0 Å². The molecular formula is C20H32O2. The number of aldehydes is 2. The van der Waals surface area contributed by atoms with E-state index in [1.807, 2.05) is 13.8 Å². The molecule has 0 aromatic carbocycles. The largest absolute Gasteiger partial charge is 0.299 e. The summed E-state index contributed by atoms with van der Waals surface area (Å²) in [7, 11) is 0. The fourth-order valence-corrected chi connectivity index (χ4v) is 1.58. The molecule has 0 aromatic rings. The van der Waals surface area contributed by atoms with E-state index in [0.717, 1.165) is 49.4 Å². The summed E-state index contributed by atoms with van der Waals surface area (Å²) in [6.07, 6.45) is 13.4. The molecule has 0 unspecified atom stereocenters. The predicted molar refractivity (Wildman–Crippen MR) is 97.0 cm³/mol. The standard InChI is InChI=1S/2C10H16O/c2*1-9(2)5-4-6-10(3)7-8-11/h2*5,7-8H,4,6H2,1-3H3/b2*10-7-. The maximum atomic E-state index is 10.0. The number of rotatable bonds is 8. The molecule has 0 heterocycles. The maximum absolute atomic E-state index is 10.0. The van der Waals surface area contributed by atoms with Crippen LogP contribution in [0.5, 0.6) is 0 Å². The van der Waals surface area contributed by atoms with Gasteiger partial charge >= 0.3 is 0 Å². The maximum Gasteiger partial charge on any atom is 0.142 e. The first-order chi connectivity index (χ1) is 10.3. The number of hydrogen-bond acceptors (Lipinski definition) is 2. The first-order valence-corrected chi connectivity index (χ1v) is 7.82. The van der Waals surface area contributed by atoms with Crippen LogP contribution in [0.3, 0.4) is 0 Å². The van der Waals surface area contributed by atoms with Gasteiger partial charge in [-0.2, -0.15) is 0 Å². The Bertz CT molecular complexity index is 385. The Morgan fingerprint density at radius 1 is 0.636 bits per heavy atom. The minimum Gasteiger partial charge on any atom is -0.299 e. The lowest BCUT2D eigenvalue weighted by Gasteiger charge is -1.94. The second-order valence-electron chi connectivity index (χ2n) is 5.94. The van der Waals surface area contributed by atoms with Crippen molar-refractivity contribution < 1.29 is 9.59 Å². The lowest BCUT2D eigenvalue weighted by Crippen LogP contribution is -1.77. The van der Waals surface area contributed by atoms with Crippen molar-refractivity contribution in [2.45, 2.75) is 67.2 Å². The Labute approximate surface area is 136 Å². The Kier molecular flexibility index (Phi) is 16.1. The molecule has 2 nitrogen and oxygen atoms in total. The summed E-state index contributed by atoms with van der Waals surface area (Å²) in [6.45, 7) is 12.3. The number of hydrogen-bond donors (Lipinski definition) is 0. The van der Waals surface area contributed by atoms with Gasteiger partial charge in [0.05, 0.1) is 0 Å². The Morgan fingerprint density at radius 2 is 0.955 bits per heavy atom. The van der Waals surface area contributed by atoms with Crippen LogP contribution in [0.25, 0.3) is 0 Å². The van der Waals surface area contributed by atoms with Gasteiger partial charge in [-0.15, -0.1) is 0 Å². The first-order valence-electron chi connectivity index (χ1n) is 7.82. The zero-order chi connectivity index (χ0) is 17.4. The molecule has 0 amide bonds. The van der Waals surface area contributed by atoms with E-state index in [-0.39, 0.29) is 0 Å². The molecular weight excluding hydrogens is 272 g/mol. The summed E-state index contributed by atoms with van der Waals surface area (Å²) >= 11 is 0. The highest BCUT2D eigenvalue weighted by Crippen LogP contribution is 2.05. The highest BCUT2D eigenvalue weighted by molar-refractivity contribution is 5.66. The molecule has 0 N–H and O–H groups in total. The van der Waals surface area contributed by atoms with E-state index >= 15 is 0 Å². The third-order valence-corrected chi connectivity index (χ3v) is 2.89. The van der Waals surface area contributed by atoms with Crippen molar-refractivity contribution >= 4 is 12.6 Å². The molecule has 0 bridgehead atoms. The first kappa shape index (κ1) is 22.6. The van der Waals surface area contributed by atoms with Crippen molar-refractivity contribution in [3.63, 3.8) is 0 Å². The topological polar surface area (TPSA) is 34.1 Å². The van der Waals surface area contributed by atoms with Crippen molar-refractivity contribution in [3.05, 3.63) is 46.6 Å². The fraction of sp³-hybridized carbons (Fsp3) is 0.500. The van der Waals surface area contributed by atoms with Crippen LogP contribution in [-0.2, 0) is 9.59 Å². The Morgan fingerprint density at radius 3 is 1.18 bits per heavy atom. The summed E-state index contributed by atoms with van der Waals surface area (Å²) in [5.41, 5.74) is 4.97. The van der Waals surface area contributed by atoms with E-state index in [0.29, 0.717) is 0 Å². The van der Waals surface area contributed by atoms with Crippen molar-refractivity contribution in [2.75, 3.05) is 0 Å². The van der Waals surface area contributed by atoms with Gasteiger partial charge in [-0.3, -0.25) is 9.59 Å². The summed E-state index contributed by atoms with van der Waals surface area (Å²) in [4.78, 5) is 20.0. The molecule has 0 rings (SSSR count). The van der Waals surface area contributed by atoms with E-state index in [4.69, 9.17) is 0 Å². The summed E-state index contributed by atoms with van der Waals surface area (Å²) in [5.74, 6) is 0. The van der Waals surface area contributed by atoms with Crippen LogP contribution in [0.15, 0.2) is 46.6 Å². The van der Waals surface area contributed by atoms with Crippen LogP contribution >= 0.6 is 0 Å². The molecule has 0 saturated carbocycles. The van der Waals surface area contributed by atoms with Crippen LogP contribution in [0.1, 0.15) is 67.2 Å². The van der Waals surface area contributed by atoms with E-state index in [9.17, 15) is 9.59 Å². The summed E-state index contributed by atoms with van der Waals surface area (Å²) < 4.78 is 0. The molecule has 0 aliphatic heterocycles. The summed E-state index contributed by atoms with van der Waals surface area (Å²) in [6, 6.07) is 0. The average Bonchev–Trinajstić information content (AvgIpc) is 2.39. The van der Waals surface area contributed by atoms with Gasteiger partial charge < -0.3 is 0 Å². The molecule has 0 aliphatic rings. The molecule has 0 saturated heterocycles. The molecule has 0 aromatic heterocycles. The Hall–Kier alpha value is -1.70. The van der Waals surface area contributed by atoms with Gasteiger partial charge in [-0.05, 0) is 79.4 Å². The second kappa shape index (κ2) is 15.7. The third kappa shape index (κ3) is 20.6. The number of allylic oxidation sites excluding steroid dienone is 8. The fourth-order valence-electron chi connectivity index (χ4n) is 1.58. The minimum atomic E-state index is 0.845. The van der Waals surface area contributed by atoms with Crippen LogP contribution < -0.4 is 0 Å². The highest BCUT2D eigenvalue weighted by atomic mass is 16.1. The van der Waals surface area contributed by atoms with E-state index in [2.05, 4.69) is 39.8 Å². The summed E-state index contributed by atoms with van der Waals surface area (Å²) in [5, 5.41) is 0. The molecule has 0 spiro atoms. The molecule has 0 fully saturated rings. The molecule has 0 atom stereocenters.